The summed E-state index contributed by atoms with van der Waals surface area (Å²) in [6, 6.07) is 11.3. The van der Waals surface area contributed by atoms with E-state index in [4.69, 9.17) is 11.6 Å². The number of fused-ring (bicyclic) bond motifs is 1. The van der Waals surface area contributed by atoms with Crippen LogP contribution in [-0.4, -0.2) is 15.5 Å². The second-order valence-electron chi connectivity index (χ2n) is 4.63. The van der Waals surface area contributed by atoms with E-state index in [1.54, 1.807) is 12.1 Å². The second kappa shape index (κ2) is 5.87. The number of halogens is 1. The number of imidazole rings is 1. The van der Waals surface area contributed by atoms with Crippen LogP contribution in [0.4, 0.5) is 5.95 Å². The van der Waals surface area contributed by atoms with Crippen LogP contribution in [-0.2, 0) is 6.54 Å². The third-order valence-corrected chi connectivity index (χ3v) is 4.35. The summed E-state index contributed by atoms with van der Waals surface area (Å²) in [7, 11) is 0. The lowest BCUT2D eigenvalue weighted by molar-refractivity contribution is 0.102. The van der Waals surface area contributed by atoms with E-state index in [0.29, 0.717) is 15.2 Å². The molecule has 0 aliphatic heterocycles. The highest BCUT2D eigenvalue weighted by atomic mass is 35.5. The molecule has 3 rings (SSSR count). The maximum atomic E-state index is 12.2. The molecular weight excluding hydrogens is 306 g/mol. The summed E-state index contributed by atoms with van der Waals surface area (Å²) in [5.74, 6) is 0.395. The minimum absolute atomic E-state index is 0.181. The molecule has 0 aliphatic rings. The topological polar surface area (TPSA) is 46.9 Å². The number of rotatable bonds is 4. The van der Waals surface area contributed by atoms with E-state index in [-0.39, 0.29) is 5.91 Å². The summed E-state index contributed by atoms with van der Waals surface area (Å²) in [5, 5.41) is 2.88. The van der Waals surface area contributed by atoms with E-state index in [0.717, 1.165) is 24.0 Å². The first-order chi connectivity index (χ1) is 10.2. The van der Waals surface area contributed by atoms with Crippen LogP contribution in [0.3, 0.4) is 0 Å². The van der Waals surface area contributed by atoms with Crippen LogP contribution in [0.15, 0.2) is 36.4 Å². The Morgan fingerprint density at radius 3 is 2.86 bits per heavy atom. The Hall–Kier alpha value is -1.85. The molecule has 0 fully saturated rings. The Bertz CT molecular complexity index is 793. The molecule has 3 aromatic rings. The summed E-state index contributed by atoms with van der Waals surface area (Å²) < 4.78 is 2.63. The van der Waals surface area contributed by atoms with Crippen molar-refractivity contribution in [1.82, 2.24) is 9.55 Å². The third-order valence-electron chi connectivity index (χ3n) is 3.12. The van der Waals surface area contributed by atoms with Gasteiger partial charge in [0.2, 0.25) is 5.95 Å². The maximum absolute atomic E-state index is 12.2. The number of nitrogens with zero attached hydrogens (tertiary/aromatic N) is 2. The molecule has 21 heavy (non-hydrogen) atoms. The molecule has 2 heterocycles. The first-order valence-corrected chi connectivity index (χ1v) is 7.90. The molecule has 0 unspecified atom stereocenters. The van der Waals surface area contributed by atoms with Gasteiger partial charge in [-0.1, -0.05) is 30.7 Å². The van der Waals surface area contributed by atoms with Crippen LogP contribution in [0, 0.1) is 0 Å². The Morgan fingerprint density at radius 2 is 2.14 bits per heavy atom. The van der Waals surface area contributed by atoms with Gasteiger partial charge in [0, 0.05) is 6.54 Å². The fourth-order valence-corrected chi connectivity index (χ4v) is 3.16. The number of hydrogen-bond donors (Lipinski definition) is 1. The molecule has 0 saturated heterocycles. The fourth-order valence-electron chi connectivity index (χ4n) is 2.22. The highest BCUT2D eigenvalue weighted by molar-refractivity contribution is 7.18. The van der Waals surface area contributed by atoms with Gasteiger partial charge in [-0.05, 0) is 30.7 Å². The molecule has 0 aliphatic carbocycles. The average Bonchev–Trinajstić information content (AvgIpc) is 3.04. The van der Waals surface area contributed by atoms with Crippen LogP contribution in [0.5, 0.6) is 0 Å². The molecule has 2 aromatic heterocycles. The van der Waals surface area contributed by atoms with Gasteiger partial charge in [-0.25, -0.2) is 4.98 Å². The first-order valence-electron chi connectivity index (χ1n) is 6.71. The van der Waals surface area contributed by atoms with Gasteiger partial charge in [-0.2, -0.15) is 0 Å². The number of anilines is 1. The SMILES string of the molecule is CCCn1c(NC(=O)c2ccc(Cl)s2)nc2ccccc21. The summed E-state index contributed by atoms with van der Waals surface area (Å²) in [6.45, 7) is 2.90. The highest BCUT2D eigenvalue weighted by Crippen LogP contribution is 2.24. The number of nitrogens with one attached hydrogen (secondary N) is 1. The lowest BCUT2D eigenvalue weighted by Crippen LogP contribution is -2.14. The van der Waals surface area contributed by atoms with E-state index in [9.17, 15) is 4.79 Å². The van der Waals surface area contributed by atoms with Crippen molar-refractivity contribution >= 4 is 45.8 Å². The lowest BCUT2D eigenvalue weighted by atomic mass is 10.3. The van der Waals surface area contributed by atoms with Crippen LogP contribution < -0.4 is 5.32 Å². The van der Waals surface area contributed by atoms with Crippen molar-refractivity contribution in [2.75, 3.05) is 5.32 Å². The number of hydrogen-bond acceptors (Lipinski definition) is 3. The summed E-state index contributed by atoms with van der Waals surface area (Å²) in [5.41, 5.74) is 1.91. The minimum atomic E-state index is -0.181. The van der Waals surface area contributed by atoms with Crippen LogP contribution in [0.25, 0.3) is 11.0 Å². The van der Waals surface area contributed by atoms with Gasteiger partial charge in [-0.3, -0.25) is 10.1 Å². The van der Waals surface area contributed by atoms with Gasteiger partial charge < -0.3 is 4.57 Å². The van der Waals surface area contributed by atoms with E-state index >= 15 is 0 Å². The zero-order valence-corrected chi connectivity index (χ0v) is 13.0. The van der Waals surface area contributed by atoms with E-state index in [1.165, 1.54) is 11.3 Å². The van der Waals surface area contributed by atoms with Crippen LogP contribution in [0.1, 0.15) is 23.0 Å². The number of benzene rings is 1. The predicted octanol–water partition coefficient (Wildman–Crippen LogP) is 4.41. The number of carbonyl (C=O) groups is 1. The smallest absolute Gasteiger partial charge is 0.268 e. The Balaban J connectivity index is 1.96. The van der Waals surface area contributed by atoms with E-state index in [2.05, 4.69) is 17.2 Å². The summed E-state index contributed by atoms with van der Waals surface area (Å²) in [4.78, 5) is 17.3. The van der Waals surface area contributed by atoms with Crippen molar-refractivity contribution in [3.8, 4) is 0 Å². The highest BCUT2D eigenvalue weighted by Gasteiger charge is 2.15. The molecule has 0 saturated carbocycles. The fraction of sp³-hybridized carbons (Fsp3) is 0.200. The number of aromatic nitrogens is 2. The van der Waals surface area contributed by atoms with Crippen molar-refractivity contribution in [3.05, 3.63) is 45.6 Å². The Kier molecular flexibility index (Phi) is 3.94. The predicted molar refractivity (Wildman–Crippen MR) is 87.3 cm³/mol. The lowest BCUT2D eigenvalue weighted by Gasteiger charge is -2.08. The number of amides is 1. The quantitative estimate of drug-likeness (QED) is 0.774. The molecule has 6 heteroatoms. The van der Waals surface area contributed by atoms with E-state index in [1.807, 2.05) is 28.8 Å². The van der Waals surface area contributed by atoms with Gasteiger partial charge in [0.1, 0.15) is 0 Å². The molecule has 0 spiro atoms. The number of aryl methyl sites for hydroxylation is 1. The van der Waals surface area contributed by atoms with Crippen molar-refractivity contribution in [1.29, 1.82) is 0 Å². The molecule has 1 amide bonds. The van der Waals surface area contributed by atoms with Crippen LogP contribution in [0.2, 0.25) is 4.34 Å². The molecule has 1 aromatic carbocycles. The number of para-hydroxylation sites is 2. The molecule has 1 N–H and O–H groups in total. The Labute approximate surface area is 131 Å². The second-order valence-corrected chi connectivity index (χ2v) is 6.35. The normalized spacial score (nSPS) is 11.0. The van der Waals surface area contributed by atoms with Crippen molar-refractivity contribution in [2.45, 2.75) is 19.9 Å². The van der Waals surface area contributed by atoms with Crippen molar-refractivity contribution in [2.24, 2.45) is 0 Å². The molecule has 0 radical (unpaired) electrons. The zero-order chi connectivity index (χ0) is 14.8. The minimum Gasteiger partial charge on any atom is -0.310 e. The van der Waals surface area contributed by atoms with Crippen molar-refractivity contribution in [3.63, 3.8) is 0 Å². The van der Waals surface area contributed by atoms with Crippen LogP contribution >= 0.6 is 22.9 Å². The molecule has 108 valence electrons. The van der Waals surface area contributed by atoms with Gasteiger partial charge in [0.25, 0.3) is 5.91 Å². The standard InChI is InChI=1S/C15H14ClN3OS/c1-2-9-19-11-6-4-3-5-10(11)17-15(19)18-14(20)12-7-8-13(16)21-12/h3-8H,2,9H2,1H3,(H,17,18,20). The molecule has 4 nitrogen and oxygen atoms in total. The molecular formula is C15H14ClN3OS. The number of thiophene rings is 1. The van der Waals surface area contributed by atoms with Gasteiger partial charge in [0.15, 0.2) is 0 Å². The first kappa shape index (κ1) is 14.1. The van der Waals surface area contributed by atoms with E-state index < -0.39 is 0 Å². The molecule has 0 atom stereocenters. The zero-order valence-electron chi connectivity index (χ0n) is 11.5. The largest absolute Gasteiger partial charge is 0.310 e. The number of carbonyl (C=O) groups excluding carboxylic acids is 1. The van der Waals surface area contributed by atoms with Gasteiger partial charge in [-0.15, -0.1) is 11.3 Å². The average molecular weight is 320 g/mol. The summed E-state index contributed by atoms with van der Waals surface area (Å²) in [6.07, 6.45) is 0.966. The monoisotopic (exact) mass is 319 g/mol. The van der Waals surface area contributed by atoms with Gasteiger partial charge >= 0.3 is 0 Å². The van der Waals surface area contributed by atoms with Gasteiger partial charge in [0.05, 0.1) is 20.2 Å². The van der Waals surface area contributed by atoms with Crippen molar-refractivity contribution < 1.29 is 4.79 Å². The summed E-state index contributed by atoms with van der Waals surface area (Å²) >= 11 is 7.13. The third kappa shape index (κ3) is 2.80. The maximum Gasteiger partial charge on any atom is 0.268 e. The molecule has 0 bridgehead atoms. The Morgan fingerprint density at radius 1 is 1.33 bits per heavy atom.